The van der Waals surface area contributed by atoms with Crippen molar-refractivity contribution in [2.24, 2.45) is 0 Å². The van der Waals surface area contributed by atoms with Crippen LogP contribution in [0.15, 0.2) is 30.6 Å². The summed E-state index contributed by atoms with van der Waals surface area (Å²) in [5.41, 5.74) is 2.19. The minimum absolute atomic E-state index is 0.224. The van der Waals surface area contributed by atoms with Crippen LogP contribution in [0.1, 0.15) is 11.1 Å². The summed E-state index contributed by atoms with van der Waals surface area (Å²) >= 11 is 5.76. The zero-order chi connectivity index (χ0) is 13.8. The van der Waals surface area contributed by atoms with Gasteiger partial charge in [-0.25, -0.2) is 0 Å². The van der Waals surface area contributed by atoms with Crippen LogP contribution in [0.4, 0.5) is 0 Å². The fourth-order valence-electron chi connectivity index (χ4n) is 1.76. The molecule has 0 amide bonds. The van der Waals surface area contributed by atoms with Crippen molar-refractivity contribution >= 4 is 11.6 Å². The zero-order valence-electron chi connectivity index (χ0n) is 11.0. The van der Waals surface area contributed by atoms with Crippen LogP contribution < -0.4 is 4.74 Å². The molecule has 0 fully saturated rings. The molecule has 0 aliphatic carbocycles. The second kappa shape index (κ2) is 6.08. The van der Waals surface area contributed by atoms with E-state index in [1.165, 1.54) is 0 Å². The third-order valence-electron chi connectivity index (χ3n) is 2.77. The average Bonchev–Trinajstić information content (AvgIpc) is 2.76. The van der Waals surface area contributed by atoms with Gasteiger partial charge in [0, 0.05) is 6.20 Å². The second-order valence-corrected chi connectivity index (χ2v) is 5.05. The van der Waals surface area contributed by atoms with Gasteiger partial charge in [-0.1, -0.05) is 23.7 Å². The summed E-state index contributed by atoms with van der Waals surface area (Å²) in [6, 6.07) is 6.00. The Kier molecular flexibility index (Phi) is 4.45. The summed E-state index contributed by atoms with van der Waals surface area (Å²) in [4.78, 5) is 0. The summed E-state index contributed by atoms with van der Waals surface area (Å²) in [6.45, 7) is 4.57. The Bertz CT molecular complexity index is 554. The first kappa shape index (κ1) is 13.9. The molecule has 0 saturated carbocycles. The van der Waals surface area contributed by atoms with E-state index in [1.54, 1.807) is 17.1 Å². The number of aryl methyl sites for hydroxylation is 2. The lowest BCUT2D eigenvalue weighted by molar-refractivity contribution is 0.0890. The maximum Gasteiger partial charge on any atom is 0.122 e. The first-order chi connectivity index (χ1) is 9.04. The van der Waals surface area contributed by atoms with E-state index >= 15 is 0 Å². The number of nitrogens with zero attached hydrogens (tertiary/aromatic N) is 2. The van der Waals surface area contributed by atoms with Crippen molar-refractivity contribution in [1.29, 1.82) is 0 Å². The maximum atomic E-state index is 9.90. The lowest BCUT2D eigenvalue weighted by Crippen LogP contribution is -2.24. The number of ether oxygens (including phenoxy) is 1. The predicted molar refractivity (Wildman–Crippen MR) is 74.7 cm³/mol. The van der Waals surface area contributed by atoms with Gasteiger partial charge in [-0.3, -0.25) is 4.68 Å². The van der Waals surface area contributed by atoms with Gasteiger partial charge >= 0.3 is 0 Å². The van der Waals surface area contributed by atoms with Gasteiger partial charge in [0.15, 0.2) is 0 Å². The molecule has 1 heterocycles. The van der Waals surface area contributed by atoms with Crippen LogP contribution >= 0.6 is 11.6 Å². The van der Waals surface area contributed by atoms with Gasteiger partial charge in [0.05, 0.1) is 17.8 Å². The topological polar surface area (TPSA) is 47.3 Å². The Labute approximate surface area is 117 Å². The summed E-state index contributed by atoms with van der Waals surface area (Å²) < 4.78 is 7.23. The molecule has 0 saturated heterocycles. The van der Waals surface area contributed by atoms with Gasteiger partial charge in [-0.05, 0) is 31.0 Å². The summed E-state index contributed by atoms with van der Waals surface area (Å²) in [5, 5.41) is 14.5. The average molecular weight is 281 g/mol. The van der Waals surface area contributed by atoms with E-state index in [0.29, 0.717) is 11.6 Å². The fourth-order valence-corrected chi connectivity index (χ4v) is 1.91. The molecule has 0 aliphatic heterocycles. The Morgan fingerprint density at radius 3 is 2.89 bits per heavy atom. The van der Waals surface area contributed by atoms with Crippen molar-refractivity contribution in [3.63, 3.8) is 0 Å². The van der Waals surface area contributed by atoms with Crippen LogP contribution in [0, 0.1) is 13.8 Å². The number of halogens is 1. The van der Waals surface area contributed by atoms with Crippen LogP contribution in [-0.4, -0.2) is 27.6 Å². The number of aromatic nitrogens is 2. The molecule has 1 aromatic carbocycles. The number of hydrogen-bond donors (Lipinski definition) is 1. The molecule has 0 bridgehead atoms. The van der Waals surface area contributed by atoms with Gasteiger partial charge in [0.25, 0.3) is 0 Å². The molecule has 1 unspecified atom stereocenters. The molecule has 0 spiro atoms. The van der Waals surface area contributed by atoms with Gasteiger partial charge in [-0.2, -0.15) is 5.10 Å². The molecular formula is C14H17ClN2O2. The van der Waals surface area contributed by atoms with Crippen molar-refractivity contribution in [2.75, 3.05) is 6.61 Å². The first-order valence-electron chi connectivity index (χ1n) is 6.10. The van der Waals surface area contributed by atoms with Crippen molar-refractivity contribution in [3.8, 4) is 5.75 Å². The summed E-state index contributed by atoms with van der Waals surface area (Å²) in [7, 11) is 0. The SMILES string of the molecule is Cc1ccc(C)c(OCC(O)Cn2cc(Cl)cn2)c1. The predicted octanol–water partition coefficient (Wildman–Crippen LogP) is 2.59. The monoisotopic (exact) mass is 280 g/mol. The van der Waals surface area contributed by atoms with E-state index in [9.17, 15) is 5.11 Å². The highest BCUT2D eigenvalue weighted by molar-refractivity contribution is 6.30. The molecule has 19 heavy (non-hydrogen) atoms. The number of aliphatic hydroxyl groups excluding tert-OH is 1. The van der Waals surface area contributed by atoms with E-state index in [2.05, 4.69) is 5.10 Å². The van der Waals surface area contributed by atoms with Crippen LogP contribution in [-0.2, 0) is 6.54 Å². The molecule has 2 aromatic rings. The van der Waals surface area contributed by atoms with Gasteiger partial charge in [0.1, 0.15) is 18.5 Å². The lowest BCUT2D eigenvalue weighted by Gasteiger charge is -2.14. The molecule has 1 atom stereocenters. The number of hydrogen-bond acceptors (Lipinski definition) is 3. The molecule has 4 nitrogen and oxygen atoms in total. The van der Waals surface area contributed by atoms with Crippen LogP contribution in [0.3, 0.4) is 0 Å². The van der Waals surface area contributed by atoms with E-state index in [1.807, 2.05) is 32.0 Å². The minimum Gasteiger partial charge on any atom is -0.491 e. The van der Waals surface area contributed by atoms with E-state index in [0.717, 1.165) is 16.9 Å². The standard InChI is InChI=1S/C14H17ClN2O2/c1-10-3-4-11(2)14(5-10)19-9-13(18)8-17-7-12(15)6-16-17/h3-7,13,18H,8-9H2,1-2H3. The Hall–Kier alpha value is -1.52. The Balaban J connectivity index is 1.89. The number of aliphatic hydroxyl groups is 1. The summed E-state index contributed by atoms with van der Waals surface area (Å²) in [5.74, 6) is 0.803. The second-order valence-electron chi connectivity index (χ2n) is 4.61. The largest absolute Gasteiger partial charge is 0.491 e. The third-order valence-corrected chi connectivity index (χ3v) is 2.97. The minimum atomic E-state index is -0.629. The molecule has 5 heteroatoms. The van der Waals surface area contributed by atoms with Crippen molar-refractivity contribution < 1.29 is 9.84 Å². The molecule has 2 rings (SSSR count). The zero-order valence-corrected chi connectivity index (χ0v) is 11.8. The van der Waals surface area contributed by atoms with E-state index in [-0.39, 0.29) is 6.61 Å². The van der Waals surface area contributed by atoms with Crippen LogP contribution in [0.5, 0.6) is 5.75 Å². The van der Waals surface area contributed by atoms with Crippen molar-refractivity contribution in [2.45, 2.75) is 26.5 Å². The van der Waals surface area contributed by atoms with E-state index < -0.39 is 6.10 Å². The van der Waals surface area contributed by atoms with Crippen molar-refractivity contribution in [3.05, 3.63) is 46.7 Å². The quantitative estimate of drug-likeness (QED) is 0.916. The first-order valence-corrected chi connectivity index (χ1v) is 6.48. The molecule has 1 N–H and O–H groups in total. The van der Waals surface area contributed by atoms with Crippen molar-refractivity contribution in [1.82, 2.24) is 9.78 Å². The van der Waals surface area contributed by atoms with E-state index in [4.69, 9.17) is 16.3 Å². The molecule has 0 aliphatic rings. The van der Waals surface area contributed by atoms with Crippen LogP contribution in [0.2, 0.25) is 5.02 Å². The highest BCUT2D eigenvalue weighted by Gasteiger charge is 2.08. The number of rotatable bonds is 5. The Morgan fingerprint density at radius 2 is 2.21 bits per heavy atom. The highest BCUT2D eigenvalue weighted by atomic mass is 35.5. The summed E-state index contributed by atoms with van der Waals surface area (Å²) in [6.07, 6.45) is 2.58. The molecule has 1 aromatic heterocycles. The maximum absolute atomic E-state index is 9.90. The Morgan fingerprint density at radius 1 is 1.42 bits per heavy atom. The molecule has 102 valence electrons. The van der Waals surface area contributed by atoms with Gasteiger partial charge in [-0.15, -0.1) is 0 Å². The van der Waals surface area contributed by atoms with Crippen LogP contribution in [0.25, 0.3) is 0 Å². The highest BCUT2D eigenvalue weighted by Crippen LogP contribution is 2.19. The third kappa shape index (κ3) is 3.98. The smallest absolute Gasteiger partial charge is 0.122 e. The lowest BCUT2D eigenvalue weighted by atomic mass is 10.1. The molecular weight excluding hydrogens is 264 g/mol. The molecule has 0 radical (unpaired) electrons. The van der Waals surface area contributed by atoms with Gasteiger partial charge < -0.3 is 9.84 Å². The number of benzene rings is 1. The fraction of sp³-hybridized carbons (Fsp3) is 0.357. The van der Waals surface area contributed by atoms with Gasteiger partial charge in [0.2, 0.25) is 0 Å². The normalized spacial score (nSPS) is 12.4.